The van der Waals surface area contributed by atoms with E-state index in [1.165, 1.54) is 59.4 Å². The SMILES string of the molecule is CC(C)(C)N.COc1cncc2c1[C@]1(O)[C@H](O)[C@H](C(=O)NC(C)(C)C)[C@@H](c3ccccc3)[C@]1(c1ccc(Br)cc1)O2.COc1cncc2c1[C@]1(O)[C@H](O)[C@H](C(=O)O)[C@@H](c3ccccc3)[C@]1(c1ccc(Br)cc1)O2.COc1cncc2c1[C@]1(O)[C@H](O)[C@H](CNC(C)(C)C)[C@@H](c3ccccc3)[C@]1(c1ccc(Br)cc1)O2.COc1cncc2c1[C@]1(O)[C@H](O)[C@H](CNC(C)(C)C)[C@@H](c3ccccc3)[C@]1(c1ccc(C#N)cc1)O2. The van der Waals surface area contributed by atoms with E-state index < -0.39 is 116 Å². The summed E-state index contributed by atoms with van der Waals surface area (Å²) in [5, 5.41) is 128. The van der Waals surface area contributed by atoms with Crippen LogP contribution in [-0.2, 0) is 54.4 Å². The van der Waals surface area contributed by atoms with Crippen LogP contribution in [0.3, 0.4) is 0 Å². The van der Waals surface area contributed by atoms with Crippen LogP contribution in [-0.4, -0.2) is 166 Å². The van der Waals surface area contributed by atoms with Gasteiger partial charge in [-0.2, -0.15) is 5.26 Å². The van der Waals surface area contributed by atoms with Crippen LogP contribution in [0.15, 0.2) is 281 Å². The highest BCUT2D eigenvalue weighted by Crippen LogP contribution is 2.75. The number of nitriles is 1. The first-order valence-electron chi connectivity index (χ1n) is 47.5. The lowest BCUT2D eigenvalue weighted by Crippen LogP contribution is -2.52. The summed E-state index contributed by atoms with van der Waals surface area (Å²) in [7, 11) is 5.94. The maximum Gasteiger partial charge on any atom is 0.310 e. The van der Waals surface area contributed by atoms with Crippen molar-refractivity contribution in [3.63, 3.8) is 0 Å². The van der Waals surface area contributed by atoms with Gasteiger partial charge in [-0.15, -0.1) is 0 Å². The Kier molecular flexibility index (Phi) is 29.1. The second-order valence-electron chi connectivity index (χ2n) is 41.9. The third-order valence-electron chi connectivity index (χ3n) is 28.5. The lowest BCUT2D eigenvalue weighted by Gasteiger charge is -2.41. The summed E-state index contributed by atoms with van der Waals surface area (Å²) in [6.45, 7) is 24.9. The van der Waals surface area contributed by atoms with Crippen LogP contribution in [0.2, 0.25) is 0 Å². The molecule has 4 aromatic heterocycles. The molecule has 1 amide bonds. The minimum atomic E-state index is -2.12. The number of fused-ring (bicyclic) bond motifs is 12. The van der Waals surface area contributed by atoms with Crippen LogP contribution in [0, 0.1) is 35.0 Å². The summed E-state index contributed by atoms with van der Waals surface area (Å²) < 4.78 is 51.6. The second kappa shape index (κ2) is 39.9. The summed E-state index contributed by atoms with van der Waals surface area (Å²) in [4.78, 5) is 43.2. The lowest BCUT2D eigenvalue weighted by atomic mass is 9.70. The van der Waals surface area contributed by atoms with Crippen LogP contribution in [0.25, 0.3) is 0 Å². The molecule has 754 valence electrons. The number of carbonyl (C=O) groups excluding carboxylic acids is 1. The molecule has 0 bridgehead atoms. The molecule has 0 radical (unpaired) electrons. The molecule has 4 aliphatic carbocycles. The van der Waals surface area contributed by atoms with Gasteiger partial charge in [0.15, 0.2) is 44.8 Å². The number of aliphatic carboxylic acids is 1. The van der Waals surface area contributed by atoms with Gasteiger partial charge in [0, 0.05) is 84.2 Å². The van der Waals surface area contributed by atoms with E-state index in [2.05, 4.69) is 131 Å². The maximum absolute atomic E-state index is 13.8. The number of pyridine rings is 4. The number of ether oxygens (including phenoxy) is 8. The highest BCUT2D eigenvalue weighted by molar-refractivity contribution is 9.11. The van der Waals surface area contributed by atoms with Gasteiger partial charge in [0.1, 0.15) is 58.2 Å². The van der Waals surface area contributed by atoms with E-state index in [0.29, 0.717) is 80.8 Å². The standard InChI is InChI=1S/C29H31N3O4.C28H29BrN2O5.C28H31BrN2O4.C24H20BrNO6.C4H11N/c1-27(2,3)32-15-21-24(19-8-6-5-7-9-19)29(20-12-10-18(14-30)11-13-20)28(34,26(21)33)25-22(35-4)16-31-17-23(25)36-29;1-26(2,3)31-25(33)21-22(16-8-6-5-7-9-16)28(17-10-12-18(29)13-11-17)27(34,24(21)32)23-19(35-4)14-30-15-20(23)36-28;1-26(2,3)31-14-20-23(17-8-6-5-7-9-17)28(18-10-12-19(29)13-11-18)27(33,25(20)32)24-21(34-4)15-30-16-22(24)35-28;1-31-16-11-26-12-17-20(16)23(30)21(27)18(22(28)29)19(13-5-3-2-4-6-13)24(23,32-17)14-7-9-15(25)10-8-14;1-4(2,3)5/h5-13,16-17,21,24,26,32-34H,15H2,1-4H3;5-15,21-22,24,32,34H,1-4H3,(H,31,33);5-13,15-16,20,23,25,31-33H,14H2,1-4H3;2-12,18-19,21,27,30H,1H3,(H,28,29);5H2,1-3H3/t21-,24-,26-,28+,29+;21-,22-,24-,27+,28+;20-,23-,25-,27+,28+;18-,19-,21-,23+,24+;/m1111./s1. The number of rotatable bonds is 18. The van der Waals surface area contributed by atoms with Gasteiger partial charge in [0.2, 0.25) is 5.91 Å². The van der Waals surface area contributed by atoms with E-state index >= 15 is 0 Å². The van der Waals surface area contributed by atoms with E-state index in [0.717, 1.165) is 35.7 Å². The molecule has 8 heterocycles. The van der Waals surface area contributed by atoms with Crippen molar-refractivity contribution >= 4 is 59.7 Å². The molecule has 20 atom stereocenters. The second-order valence-corrected chi connectivity index (χ2v) is 44.7. The third kappa shape index (κ3) is 17.6. The van der Waals surface area contributed by atoms with Crippen molar-refractivity contribution in [2.45, 2.75) is 198 Å². The number of aromatic nitrogens is 4. The predicted octanol–water partition coefficient (Wildman–Crippen LogP) is 16.0. The fraction of sp³-hybridized carbons (Fsp3) is 0.372. The number of hydrogen-bond acceptors (Lipinski definition) is 26. The van der Waals surface area contributed by atoms with Crippen molar-refractivity contribution in [1.29, 1.82) is 5.26 Å². The van der Waals surface area contributed by atoms with Crippen molar-refractivity contribution in [3.8, 4) is 52.1 Å². The van der Waals surface area contributed by atoms with E-state index in [1.807, 2.05) is 187 Å². The summed E-state index contributed by atoms with van der Waals surface area (Å²) in [6, 6.07) is 69.6. The number of halogens is 3. The van der Waals surface area contributed by atoms with Gasteiger partial charge in [-0.1, -0.05) is 218 Å². The fourth-order valence-electron chi connectivity index (χ4n) is 23.1. The largest absolute Gasteiger partial charge is 0.495 e. The molecule has 0 saturated heterocycles. The molecular weight excluding hydrogens is 2030 g/mol. The number of nitrogens with two attached hydrogens (primary N) is 1. The number of aliphatic hydroxyl groups is 8. The smallest absolute Gasteiger partial charge is 0.310 e. The molecular formula is C113H122Br3N9O19. The maximum atomic E-state index is 13.8. The minimum absolute atomic E-state index is 0. The Morgan fingerprint density at radius 2 is 0.618 bits per heavy atom. The van der Waals surface area contributed by atoms with Gasteiger partial charge in [-0.25, -0.2) is 0 Å². The van der Waals surface area contributed by atoms with Gasteiger partial charge >= 0.3 is 5.97 Å². The van der Waals surface area contributed by atoms with Gasteiger partial charge < -0.3 is 106 Å². The van der Waals surface area contributed by atoms with E-state index in [-0.39, 0.29) is 62.7 Å². The lowest BCUT2D eigenvalue weighted by molar-refractivity contribution is -0.159. The Bertz CT molecular complexity index is 6680. The Morgan fingerprint density at radius 1 is 0.375 bits per heavy atom. The number of carboxylic acids is 1. The molecule has 144 heavy (non-hydrogen) atoms. The average molecular weight is 2150 g/mol. The zero-order chi connectivity index (χ0) is 104. The molecule has 20 rings (SSSR count). The molecule has 4 saturated carbocycles. The number of amides is 1. The predicted molar refractivity (Wildman–Crippen MR) is 551 cm³/mol. The number of nitrogens with zero attached hydrogens (tertiary/aromatic N) is 5. The molecule has 8 aromatic carbocycles. The van der Waals surface area contributed by atoms with Crippen LogP contribution in [0.4, 0.5) is 0 Å². The first kappa shape index (κ1) is 105. The summed E-state index contributed by atoms with van der Waals surface area (Å²) >= 11 is 10.4. The normalized spacial score (nSPS) is 28.6. The van der Waals surface area contributed by atoms with Crippen LogP contribution < -0.4 is 59.6 Å². The number of nitrogens with one attached hydrogen (secondary N) is 3. The van der Waals surface area contributed by atoms with Gasteiger partial charge in [0.25, 0.3) is 0 Å². The fourth-order valence-corrected chi connectivity index (χ4v) is 23.9. The minimum Gasteiger partial charge on any atom is -0.495 e. The van der Waals surface area contributed by atoms with Crippen molar-refractivity contribution < 1.29 is 93.4 Å². The van der Waals surface area contributed by atoms with Crippen LogP contribution in [0.5, 0.6) is 46.0 Å². The molecule has 28 nitrogen and oxygen atoms in total. The van der Waals surface area contributed by atoms with Crippen LogP contribution in [0.1, 0.15) is 179 Å². The van der Waals surface area contributed by atoms with E-state index in [1.54, 1.807) is 91.4 Å². The molecule has 0 unspecified atom stereocenters. The first-order chi connectivity index (χ1) is 68.2. The van der Waals surface area contributed by atoms with Gasteiger partial charge in [-0.05, 0) is 176 Å². The van der Waals surface area contributed by atoms with Gasteiger partial charge in [-0.3, -0.25) is 29.5 Å². The number of carbonyl (C=O) groups is 2. The molecule has 31 heteroatoms. The average Bonchev–Trinajstić information content (AvgIpc) is 1.51. The van der Waals surface area contributed by atoms with Crippen molar-refractivity contribution in [3.05, 3.63) is 354 Å². The number of carboxylic acid groups (broad SMARTS) is 1. The Labute approximate surface area is 863 Å². The van der Waals surface area contributed by atoms with Crippen molar-refractivity contribution in [2.24, 2.45) is 29.4 Å². The highest BCUT2D eigenvalue weighted by Gasteiger charge is 2.82. The van der Waals surface area contributed by atoms with E-state index in [4.69, 9.17) is 43.6 Å². The Hall–Kier alpha value is -11.8. The van der Waals surface area contributed by atoms with Crippen molar-refractivity contribution in [1.82, 2.24) is 35.9 Å². The first-order valence-corrected chi connectivity index (χ1v) is 49.9. The molecule has 12 aromatic rings. The Morgan fingerprint density at radius 3 is 0.868 bits per heavy atom. The molecule has 8 aliphatic rings. The topological polar surface area (TPSA) is 428 Å². The summed E-state index contributed by atoms with van der Waals surface area (Å²) in [6.07, 6.45) is 6.51. The molecule has 14 N–H and O–H groups in total. The Balaban J connectivity index is 0.000000136. The van der Waals surface area contributed by atoms with Crippen LogP contribution >= 0.6 is 47.8 Å². The molecule has 4 aliphatic heterocycles. The quantitative estimate of drug-likeness (QED) is 0.0379. The van der Waals surface area contributed by atoms with Crippen molar-refractivity contribution in [2.75, 3.05) is 41.5 Å². The monoisotopic (exact) mass is 2150 g/mol. The molecule has 4 fully saturated rings. The zero-order valence-electron chi connectivity index (χ0n) is 82.8. The summed E-state index contributed by atoms with van der Waals surface area (Å²) in [5.74, 6) is -4.73. The number of hydrogen-bond donors (Lipinski definition) is 13. The number of methoxy groups -OCH3 is 4. The molecule has 0 spiro atoms. The van der Waals surface area contributed by atoms with E-state index in [9.17, 15) is 60.8 Å². The third-order valence-corrected chi connectivity index (χ3v) is 30.1. The highest BCUT2D eigenvalue weighted by atomic mass is 79.9. The van der Waals surface area contributed by atoms with Gasteiger partial charge in [0.05, 0.1) is 136 Å². The summed E-state index contributed by atoms with van der Waals surface area (Å²) in [5.41, 5.74) is -1.61. The number of aliphatic hydroxyl groups excluding tert-OH is 4. The zero-order valence-corrected chi connectivity index (χ0v) is 87.6. The number of benzene rings is 8.